The highest BCUT2D eigenvalue weighted by Crippen LogP contribution is 2.33. The average Bonchev–Trinajstić information content (AvgIpc) is 2.52. The van der Waals surface area contributed by atoms with E-state index in [0.29, 0.717) is 10.0 Å². The molecule has 0 saturated heterocycles. The molecule has 0 radical (unpaired) electrons. The molecule has 4 heteroatoms. The lowest BCUT2D eigenvalue weighted by molar-refractivity contribution is 0.215. The number of halogens is 3. The Morgan fingerprint density at radius 1 is 1.00 bits per heavy atom. The molecule has 0 spiro atoms. The summed E-state index contributed by atoms with van der Waals surface area (Å²) in [6, 6.07) is 16.5. The van der Waals surface area contributed by atoms with Crippen LogP contribution in [0.15, 0.2) is 59.1 Å². The summed E-state index contributed by atoms with van der Waals surface area (Å²) in [5.74, 6) is -0.605. The van der Waals surface area contributed by atoms with E-state index in [-0.39, 0.29) is 10.6 Å². The van der Waals surface area contributed by atoms with Gasteiger partial charge in [0.25, 0.3) is 0 Å². The number of aliphatic hydroxyl groups excluding tert-OH is 1. The lowest BCUT2D eigenvalue weighted by atomic mass is 9.98. The molecule has 0 bridgehead atoms. The molecule has 106 valence electrons. The van der Waals surface area contributed by atoms with Crippen molar-refractivity contribution in [3.8, 4) is 0 Å². The molecule has 0 amide bonds. The van der Waals surface area contributed by atoms with Crippen molar-refractivity contribution in [1.82, 2.24) is 0 Å². The van der Waals surface area contributed by atoms with Crippen LogP contribution in [0.25, 0.3) is 10.8 Å². The van der Waals surface area contributed by atoms with Crippen molar-refractivity contribution in [2.45, 2.75) is 6.10 Å². The van der Waals surface area contributed by atoms with Crippen LogP contribution in [0.2, 0.25) is 5.02 Å². The SMILES string of the molecule is OC(c1ccc2ccccc2c1)c1ccc(Br)c(Cl)c1F. The van der Waals surface area contributed by atoms with E-state index in [1.54, 1.807) is 12.1 Å². The first kappa shape index (κ1) is 14.5. The van der Waals surface area contributed by atoms with Crippen LogP contribution in [-0.2, 0) is 0 Å². The summed E-state index contributed by atoms with van der Waals surface area (Å²) in [6.07, 6.45) is -1.06. The first-order valence-corrected chi connectivity index (χ1v) is 7.55. The summed E-state index contributed by atoms with van der Waals surface area (Å²) in [7, 11) is 0. The minimum absolute atomic E-state index is 0.0210. The number of aliphatic hydroxyl groups is 1. The van der Waals surface area contributed by atoms with Crippen LogP contribution in [-0.4, -0.2) is 5.11 Å². The summed E-state index contributed by atoms with van der Waals surface area (Å²) >= 11 is 9.04. The monoisotopic (exact) mass is 364 g/mol. The van der Waals surface area contributed by atoms with Gasteiger partial charge < -0.3 is 5.11 Å². The third-order valence-electron chi connectivity index (χ3n) is 3.45. The van der Waals surface area contributed by atoms with E-state index in [4.69, 9.17) is 11.6 Å². The van der Waals surface area contributed by atoms with E-state index in [0.717, 1.165) is 10.8 Å². The first-order chi connectivity index (χ1) is 10.1. The minimum Gasteiger partial charge on any atom is -0.384 e. The molecule has 3 aromatic rings. The van der Waals surface area contributed by atoms with Gasteiger partial charge in [-0.05, 0) is 44.4 Å². The van der Waals surface area contributed by atoms with Gasteiger partial charge in [-0.3, -0.25) is 0 Å². The van der Waals surface area contributed by atoms with Gasteiger partial charge in [0.15, 0.2) is 0 Å². The quantitative estimate of drug-likeness (QED) is 0.597. The van der Waals surface area contributed by atoms with Crippen LogP contribution < -0.4 is 0 Å². The van der Waals surface area contributed by atoms with Gasteiger partial charge in [0.05, 0.1) is 5.02 Å². The van der Waals surface area contributed by atoms with Crippen LogP contribution in [0.5, 0.6) is 0 Å². The van der Waals surface area contributed by atoms with Crippen LogP contribution in [0.1, 0.15) is 17.2 Å². The molecule has 3 rings (SSSR count). The van der Waals surface area contributed by atoms with Gasteiger partial charge in [-0.25, -0.2) is 4.39 Å². The third-order valence-corrected chi connectivity index (χ3v) is 4.71. The number of hydrogen-bond donors (Lipinski definition) is 1. The fraction of sp³-hybridized carbons (Fsp3) is 0.0588. The maximum atomic E-state index is 14.2. The number of fused-ring (bicyclic) bond motifs is 1. The van der Waals surface area contributed by atoms with E-state index in [1.807, 2.05) is 36.4 Å². The van der Waals surface area contributed by atoms with Gasteiger partial charge >= 0.3 is 0 Å². The lowest BCUT2D eigenvalue weighted by Crippen LogP contribution is -2.03. The van der Waals surface area contributed by atoms with Crippen molar-refractivity contribution in [2.24, 2.45) is 0 Å². The maximum Gasteiger partial charge on any atom is 0.149 e. The van der Waals surface area contributed by atoms with Gasteiger partial charge in [0, 0.05) is 10.0 Å². The molecule has 0 aliphatic rings. The molecular formula is C17H11BrClFO. The second-order valence-corrected chi connectivity index (χ2v) is 6.01. The van der Waals surface area contributed by atoms with Crippen LogP contribution >= 0.6 is 27.5 Å². The van der Waals surface area contributed by atoms with E-state index >= 15 is 0 Å². The Kier molecular flexibility index (Phi) is 3.98. The van der Waals surface area contributed by atoms with Crippen molar-refractivity contribution in [3.63, 3.8) is 0 Å². The van der Waals surface area contributed by atoms with Crippen molar-refractivity contribution >= 4 is 38.3 Å². The van der Waals surface area contributed by atoms with E-state index < -0.39 is 11.9 Å². The van der Waals surface area contributed by atoms with Crippen molar-refractivity contribution in [1.29, 1.82) is 0 Å². The molecule has 0 aliphatic heterocycles. The molecule has 1 N–H and O–H groups in total. The van der Waals surface area contributed by atoms with E-state index in [2.05, 4.69) is 15.9 Å². The predicted molar refractivity (Wildman–Crippen MR) is 87.1 cm³/mol. The maximum absolute atomic E-state index is 14.2. The van der Waals surface area contributed by atoms with Crippen LogP contribution in [0.4, 0.5) is 4.39 Å². The summed E-state index contributed by atoms with van der Waals surface area (Å²) in [5, 5.41) is 12.5. The van der Waals surface area contributed by atoms with Gasteiger partial charge in [-0.2, -0.15) is 0 Å². The van der Waals surface area contributed by atoms with Crippen LogP contribution in [0, 0.1) is 5.82 Å². The fourth-order valence-corrected chi connectivity index (χ4v) is 2.79. The number of rotatable bonds is 2. The van der Waals surface area contributed by atoms with Crippen molar-refractivity contribution < 1.29 is 9.50 Å². The standard InChI is InChI=1S/C17H11BrClFO/c18-14-8-7-13(16(20)15(14)19)17(21)12-6-5-10-3-1-2-4-11(10)9-12/h1-9,17,21H. The first-order valence-electron chi connectivity index (χ1n) is 6.38. The Hall–Kier alpha value is -1.42. The zero-order chi connectivity index (χ0) is 15.0. The minimum atomic E-state index is -1.06. The number of benzene rings is 3. The van der Waals surface area contributed by atoms with Crippen LogP contribution in [0.3, 0.4) is 0 Å². The van der Waals surface area contributed by atoms with Gasteiger partial charge in [0.1, 0.15) is 11.9 Å². The van der Waals surface area contributed by atoms with Crippen molar-refractivity contribution in [2.75, 3.05) is 0 Å². The molecule has 1 nitrogen and oxygen atoms in total. The zero-order valence-corrected chi connectivity index (χ0v) is 13.2. The van der Waals surface area contributed by atoms with Crippen molar-refractivity contribution in [3.05, 3.63) is 81.0 Å². The largest absolute Gasteiger partial charge is 0.384 e. The predicted octanol–water partition coefficient (Wildman–Crippen LogP) is 5.48. The molecule has 3 aromatic carbocycles. The highest BCUT2D eigenvalue weighted by molar-refractivity contribution is 9.10. The second-order valence-electron chi connectivity index (χ2n) is 4.77. The van der Waals surface area contributed by atoms with Gasteiger partial charge in [-0.15, -0.1) is 0 Å². The van der Waals surface area contributed by atoms with E-state index in [1.165, 1.54) is 6.07 Å². The topological polar surface area (TPSA) is 20.2 Å². The highest BCUT2D eigenvalue weighted by atomic mass is 79.9. The molecule has 0 heterocycles. The molecule has 1 atom stereocenters. The summed E-state index contributed by atoms with van der Waals surface area (Å²) < 4.78 is 14.7. The fourth-order valence-electron chi connectivity index (χ4n) is 2.31. The van der Waals surface area contributed by atoms with E-state index in [9.17, 15) is 9.50 Å². The average molecular weight is 366 g/mol. The lowest BCUT2D eigenvalue weighted by Gasteiger charge is -2.14. The molecule has 0 aromatic heterocycles. The zero-order valence-electron chi connectivity index (χ0n) is 10.9. The third kappa shape index (κ3) is 2.69. The molecule has 0 aliphatic carbocycles. The Morgan fingerprint density at radius 3 is 2.48 bits per heavy atom. The Labute approximate surface area is 135 Å². The van der Waals surface area contributed by atoms with Gasteiger partial charge in [0.2, 0.25) is 0 Å². The number of hydrogen-bond acceptors (Lipinski definition) is 1. The Bertz CT molecular complexity index is 819. The normalized spacial score (nSPS) is 12.6. The molecule has 21 heavy (non-hydrogen) atoms. The second kappa shape index (κ2) is 5.76. The molecule has 0 saturated carbocycles. The molecular weight excluding hydrogens is 355 g/mol. The Morgan fingerprint density at radius 2 is 1.71 bits per heavy atom. The molecule has 0 fully saturated rings. The highest BCUT2D eigenvalue weighted by Gasteiger charge is 2.18. The smallest absolute Gasteiger partial charge is 0.149 e. The Balaban J connectivity index is 2.08. The summed E-state index contributed by atoms with van der Waals surface area (Å²) in [4.78, 5) is 0. The van der Waals surface area contributed by atoms with Gasteiger partial charge in [-0.1, -0.05) is 54.1 Å². The summed E-state index contributed by atoms with van der Waals surface area (Å²) in [5.41, 5.74) is 0.796. The molecule has 1 unspecified atom stereocenters. The summed E-state index contributed by atoms with van der Waals surface area (Å²) in [6.45, 7) is 0.